The third-order valence-electron chi connectivity index (χ3n) is 10.4. The molecule has 1 aromatic heterocycles. The maximum Gasteiger partial charge on any atom is 0.408 e. The highest BCUT2D eigenvalue weighted by Crippen LogP contribution is 2.52. The zero-order valence-corrected chi connectivity index (χ0v) is 29.8. The van der Waals surface area contributed by atoms with Crippen LogP contribution in [0.3, 0.4) is 0 Å². The van der Waals surface area contributed by atoms with E-state index in [1.165, 1.54) is 11.3 Å². The maximum atomic E-state index is 14.1. The van der Waals surface area contributed by atoms with Crippen molar-refractivity contribution in [1.29, 1.82) is 0 Å². The molecular formula is C36H48ClN5O8. The summed E-state index contributed by atoms with van der Waals surface area (Å²) in [5, 5.41) is 3.79. The largest absolute Gasteiger partial charge is 0.491 e. The van der Waals surface area contributed by atoms with E-state index >= 15 is 0 Å². The first-order valence-electron chi connectivity index (χ1n) is 17.9. The van der Waals surface area contributed by atoms with E-state index in [-0.39, 0.29) is 25.2 Å². The number of primary amides is 1. The number of nitrogens with one attached hydrogen (secondary N) is 1. The standard InChI is InChI=1S/C36H48ClN5O8/c1-36(2,3)32(40-35(45)50-23-15-20-14-21(20)16-23)34(44)42-19-24(17-26(42)33(38)43)48-28-18-29(49-22-4-5-22)39-31-25(28)6-7-27(30(31)37)47-13-10-41-8-11-46-12-9-41/h6-7,18,20-24,26,32H,4-5,8-17,19H2,1-3H3,(H2,38,43)(H,40,45)/t20-,21+,23?,24-,26+,32-/m1/s1. The van der Waals surface area contributed by atoms with Gasteiger partial charge in [-0.3, -0.25) is 14.5 Å². The van der Waals surface area contributed by atoms with E-state index in [9.17, 15) is 14.4 Å². The Bertz CT molecular complexity index is 1600. The molecule has 1 unspecified atom stereocenters. The van der Waals surface area contributed by atoms with Crippen LogP contribution in [0.15, 0.2) is 18.2 Å². The van der Waals surface area contributed by atoms with Crippen LogP contribution in [-0.4, -0.2) is 109 Å². The van der Waals surface area contributed by atoms with Gasteiger partial charge in [0.05, 0.1) is 19.8 Å². The van der Waals surface area contributed by atoms with E-state index in [4.69, 9.17) is 46.0 Å². The Morgan fingerprint density at radius 1 is 1.02 bits per heavy atom. The van der Waals surface area contributed by atoms with E-state index in [1.807, 2.05) is 26.8 Å². The van der Waals surface area contributed by atoms with Crippen LogP contribution < -0.4 is 25.3 Å². The van der Waals surface area contributed by atoms with Crippen molar-refractivity contribution in [3.8, 4) is 17.4 Å². The van der Waals surface area contributed by atoms with Gasteiger partial charge in [-0.15, -0.1) is 0 Å². The van der Waals surface area contributed by atoms with Crippen LogP contribution in [0.5, 0.6) is 17.4 Å². The second-order valence-electron chi connectivity index (χ2n) is 15.4. The van der Waals surface area contributed by atoms with Gasteiger partial charge in [-0.05, 0) is 61.5 Å². The first kappa shape index (κ1) is 34.9. The van der Waals surface area contributed by atoms with Crippen molar-refractivity contribution in [1.82, 2.24) is 20.1 Å². The number of benzene rings is 1. The third-order valence-corrected chi connectivity index (χ3v) is 10.8. The van der Waals surface area contributed by atoms with Gasteiger partial charge in [-0.25, -0.2) is 9.78 Å². The number of morpholine rings is 1. The van der Waals surface area contributed by atoms with E-state index in [0.29, 0.717) is 65.0 Å². The van der Waals surface area contributed by atoms with E-state index in [0.717, 1.165) is 45.3 Å². The van der Waals surface area contributed by atoms with Crippen molar-refractivity contribution < 1.29 is 38.1 Å². The second kappa shape index (κ2) is 14.2. The van der Waals surface area contributed by atoms with Crippen LogP contribution in [0.2, 0.25) is 5.02 Å². The molecule has 2 saturated heterocycles. The molecule has 0 bridgehead atoms. The molecule has 50 heavy (non-hydrogen) atoms. The molecule has 272 valence electrons. The number of fused-ring (bicyclic) bond motifs is 2. The Morgan fingerprint density at radius 3 is 2.44 bits per heavy atom. The van der Waals surface area contributed by atoms with Crippen LogP contribution in [-0.2, 0) is 19.1 Å². The predicted molar refractivity (Wildman–Crippen MR) is 184 cm³/mol. The van der Waals surface area contributed by atoms with Gasteiger partial charge >= 0.3 is 6.09 Å². The number of nitrogens with zero attached hydrogens (tertiary/aromatic N) is 3. The monoisotopic (exact) mass is 713 g/mol. The lowest BCUT2D eigenvalue weighted by molar-refractivity contribution is -0.141. The van der Waals surface area contributed by atoms with Crippen molar-refractivity contribution in [3.05, 3.63) is 23.2 Å². The summed E-state index contributed by atoms with van der Waals surface area (Å²) in [4.78, 5) is 48.3. The molecule has 5 aliphatic rings. The number of alkyl carbamates (subject to hydrolysis) is 1. The lowest BCUT2D eigenvalue weighted by Crippen LogP contribution is -2.57. The number of halogens is 1. The molecule has 13 nitrogen and oxygen atoms in total. The fourth-order valence-electron chi connectivity index (χ4n) is 7.37. The van der Waals surface area contributed by atoms with Crippen LogP contribution in [0.25, 0.3) is 10.9 Å². The number of nitrogens with two attached hydrogens (primary N) is 1. The fourth-order valence-corrected chi connectivity index (χ4v) is 7.63. The van der Waals surface area contributed by atoms with Gasteiger partial charge in [0.25, 0.3) is 0 Å². The second-order valence-corrected chi connectivity index (χ2v) is 15.8. The van der Waals surface area contributed by atoms with Crippen LogP contribution in [0.1, 0.15) is 59.3 Å². The zero-order valence-electron chi connectivity index (χ0n) is 29.0. The van der Waals surface area contributed by atoms with Crippen molar-refractivity contribution in [2.75, 3.05) is 46.0 Å². The molecule has 2 aliphatic heterocycles. The molecule has 2 aromatic rings. The number of hydrogen-bond donors (Lipinski definition) is 2. The smallest absolute Gasteiger partial charge is 0.408 e. The van der Waals surface area contributed by atoms with Crippen molar-refractivity contribution in [2.24, 2.45) is 23.0 Å². The quantitative estimate of drug-likeness (QED) is 0.331. The molecule has 0 radical (unpaired) electrons. The highest BCUT2D eigenvalue weighted by Gasteiger charge is 2.48. The summed E-state index contributed by atoms with van der Waals surface area (Å²) in [6.07, 6.45) is 3.72. The fraction of sp³-hybridized carbons (Fsp3) is 0.667. The Morgan fingerprint density at radius 2 is 1.76 bits per heavy atom. The summed E-state index contributed by atoms with van der Waals surface area (Å²) in [6, 6.07) is 3.48. The van der Waals surface area contributed by atoms with Crippen LogP contribution >= 0.6 is 11.6 Å². The van der Waals surface area contributed by atoms with E-state index in [1.54, 1.807) is 12.1 Å². The minimum atomic E-state index is -0.952. The first-order chi connectivity index (χ1) is 23.9. The maximum absolute atomic E-state index is 14.1. The summed E-state index contributed by atoms with van der Waals surface area (Å²) in [5.74, 6) is 1.56. The zero-order chi connectivity index (χ0) is 35.2. The molecule has 0 spiro atoms. The third kappa shape index (κ3) is 8.00. The van der Waals surface area contributed by atoms with Gasteiger partial charge in [0, 0.05) is 37.5 Å². The highest BCUT2D eigenvalue weighted by atomic mass is 35.5. The van der Waals surface area contributed by atoms with Crippen molar-refractivity contribution in [3.63, 3.8) is 0 Å². The van der Waals surface area contributed by atoms with Gasteiger partial charge in [0.15, 0.2) is 0 Å². The number of aromatic nitrogens is 1. The molecule has 6 atom stereocenters. The SMILES string of the molecule is CC(C)(C)[C@H](NC(=O)OC1C[C@@H]2C[C@@H]2C1)C(=O)N1C[C@H](Oc2cc(OC3CC3)nc3c(Cl)c(OCCN4CCOCC4)ccc23)C[C@H]1C(N)=O. The Balaban J connectivity index is 1.07. The Kier molecular flexibility index (Phi) is 9.92. The minimum absolute atomic E-state index is 0.0752. The van der Waals surface area contributed by atoms with E-state index < -0.39 is 41.5 Å². The average Bonchev–Trinajstić information content (AvgIpc) is 3.95. The molecule has 7 rings (SSSR count). The highest BCUT2D eigenvalue weighted by molar-refractivity contribution is 6.36. The van der Waals surface area contributed by atoms with Gasteiger partial charge in [-0.2, -0.15) is 0 Å². The summed E-state index contributed by atoms with van der Waals surface area (Å²) < 4.78 is 29.8. The van der Waals surface area contributed by atoms with E-state index in [2.05, 4.69) is 10.2 Å². The van der Waals surface area contributed by atoms with Crippen LogP contribution in [0.4, 0.5) is 4.79 Å². The first-order valence-corrected chi connectivity index (χ1v) is 18.3. The summed E-state index contributed by atoms with van der Waals surface area (Å²) in [7, 11) is 0. The molecule has 3 heterocycles. The molecule has 5 fully saturated rings. The molecule has 3 amide bonds. The van der Waals surface area contributed by atoms with Gasteiger partial charge in [-0.1, -0.05) is 32.4 Å². The average molecular weight is 714 g/mol. The number of carbonyl (C=O) groups excluding carboxylic acids is 3. The number of hydrogen-bond acceptors (Lipinski definition) is 10. The van der Waals surface area contributed by atoms with Gasteiger partial charge < -0.3 is 39.6 Å². The van der Waals surface area contributed by atoms with Crippen molar-refractivity contribution in [2.45, 2.75) is 89.7 Å². The minimum Gasteiger partial charge on any atom is -0.491 e. The van der Waals surface area contributed by atoms with Crippen molar-refractivity contribution >= 4 is 40.4 Å². The molecule has 14 heteroatoms. The number of likely N-dealkylation sites (tertiary alicyclic amines) is 1. The van der Waals surface area contributed by atoms with Crippen LogP contribution in [0, 0.1) is 17.3 Å². The summed E-state index contributed by atoms with van der Waals surface area (Å²) >= 11 is 6.90. The topological polar surface area (TPSA) is 155 Å². The molecule has 3 aliphatic carbocycles. The number of ether oxygens (including phenoxy) is 5. The number of carbonyl (C=O) groups is 3. The predicted octanol–water partition coefficient (Wildman–Crippen LogP) is 3.91. The Hall–Kier alpha value is -3.55. The summed E-state index contributed by atoms with van der Waals surface area (Å²) in [5.41, 5.74) is 5.64. The molecular weight excluding hydrogens is 666 g/mol. The lowest BCUT2D eigenvalue weighted by atomic mass is 9.85. The molecule has 1 aromatic carbocycles. The summed E-state index contributed by atoms with van der Waals surface area (Å²) in [6.45, 7) is 10.0. The Labute approximate surface area is 297 Å². The lowest BCUT2D eigenvalue weighted by Gasteiger charge is -2.35. The molecule has 3 saturated carbocycles. The normalized spacial score (nSPS) is 27.0. The van der Waals surface area contributed by atoms with Gasteiger partial charge in [0.2, 0.25) is 17.7 Å². The van der Waals surface area contributed by atoms with Gasteiger partial charge in [0.1, 0.15) is 59.0 Å². The number of pyridine rings is 1. The molecule has 3 N–H and O–H groups in total. The number of amides is 3. The number of rotatable bonds is 12.